The molecule has 24 heavy (non-hydrogen) atoms. The van der Waals surface area contributed by atoms with E-state index in [0.717, 1.165) is 13.1 Å². The lowest BCUT2D eigenvalue weighted by Crippen LogP contribution is -2.41. The Labute approximate surface area is 144 Å². The van der Waals surface area contributed by atoms with E-state index in [0.29, 0.717) is 12.1 Å². The third-order valence-corrected chi connectivity index (χ3v) is 5.11. The topological polar surface area (TPSA) is 74.6 Å². The van der Waals surface area contributed by atoms with Gasteiger partial charge in [0.25, 0.3) is 5.91 Å². The molecule has 1 aliphatic heterocycles. The number of carbonyl (C=O) groups excluding carboxylic acids is 2. The van der Waals surface area contributed by atoms with Gasteiger partial charge in [-0.3, -0.25) is 14.5 Å². The van der Waals surface area contributed by atoms with Crippen molar-refractivity contribution in [2.75, 3.05) is 26.2 Å². The Morgan fingerprint density at radius 3 is 2.75 bits per heavy atom. The van der Waals surface area contributed by atoms with Crippen molar-refractivity contribution in [3.8, 4) is 0 Å². The van der Waals surface area contributed by atoms with Crippen LogP contribution in [0.2, 0.25) is 0 Å². The number of amides is 2. The molecule has 0 spiro atoms. The van der Waals surface area contributed by atoms with E-state index in [9.17, 15) is 9.59 Å². The molecule has 1 unspecified atom stereocenters. The van der Waals surface area contributed by atoms with E-state index in [2.05, 4.69) is 27.0 Å². The molecule has 2 aromatic rings. The maximum atomic E-state index is 12.0. The van der Waals surface area contributed by atoms with E-state index in [1.54, 1.807) is 17.4 Å². The largest absolute Gasteiger partial charge is 0.472 e. The average Bonchev–Trinajstić information content (AvgIpc) is 3.35. The number of carbonyl (C=O) groups is 2. The number of likely N-dealkylation sites (tertiary alicyclic amines) is 1. The van der Waals surface area contributed by atoms with Crippen LogP contribution in [-0.2, 0) is 4.79 Å². The van der Waals surface area contributed by atoms with Gasteiger partial charge in [0.05, 0.1) is 24.4 Å². The second-order valence-corrected chi connectivity index (χ2v) is 6.75. The molecule has 2 amide bonds. The maximum absolute atomic E-state index is 12.0. The smallest absolute Gasteiger partial charge is 0.254 e. The first-order valence-electron chi connectivity index (χ1n) is 8.08. The highest BCUT2D eigenvalue weighted by molar-refractivity contribution is 7.10. The number of rotatable bonds is 7. The van der Waals surface area contributed by atoms with E-state index < -0.39 is 0 Å². The van der Waals surface area contributed by atoms with Crippen molar-refractivity contribution < 1.29 is 14.0 Å². The molecular weight excluding hydrogens is 326 g/mol. The molecule has 1 fully saturated rings. The molecule has 128 valence electrons. The zero-order valence-electron chi connectivity index (χ0n) is 13.4. The van der Waals surface area contributed by atoms with E-state index >= 15 is 0 Å². The lowest BCUT2D eigenvalue weighted by Gasteiger charge is -2.26. The van der Waals surface area contributed by atoms with Crippen LogP contribution in [0.4, 0.5) is 0 Å². The second-order valence-electron chi connectivity index (χ2n) is 5.77. The van der Waals surface area contributed by atoms with E-state index in [4.69, 9.17) is 4.42 Å². The van der Waals surface area contributed by atoms with Crippen molar-refractivity contribution in [2.45, 2.75) is 18.9 Å². The highest BCUT2D eigenvalue weighted by Gasteiger charge is 2.24. The lowest BCUT2D eigenvalue weighted by atomic mass is 10.2. The van der Waals surface area contributed by atoms with Crippen molar-refractivity contribution >= 4 is 23.2 Å². The van der Waals surface area contributed by atoms with Gasteiger partial charge in [-0.25, -0.2) is 0 Å². The summed E-state index contributed by atoms with van der Waals surface area (Å²) in [7, 11) is 0. The third kappa shape index (κ3) is 4.24. The molecule has 3 rings (SSSR count). The molecular formula is C17H21N3O3S. The van der Waals surface area contributed by atoms with E-state index in [1.165, 1.54) is 30.2 Å². The van der Waals surface area contributed by atoms with Crippen LogP contribution in [0.1, 0.15) is 34.1 Å². The number of hydrogen-bond donors (Lipinski definition) is 2. The first-order valence-corrected chi connectivity index (χ1v) is 8.96. The van der Waals surface area contributed by atoms with Gasteiger partial charge in [0, 0.05) is 11.4 Å². The Kier molecular flexibility index (Phi) is 5.66. The van der Waals surface area contributed by atoms with Crippen LogP contribution >= 0.6 is 11.3 Å². The summed E-state index contributed by atoms with van der Waals surface area (Å²) >= 11 is 1.71. The number of furan rings is 1. The summed E-state index contributed by atoms with van der Waals surface area (Å²) in [5, 5.41) is 7.59. The summed E-state index contributed by atoms with van der Waals surface area (Å²) in [5.74, 6) is -0.499. The minimum Gasteiger partial charge on any atom is -0.472 e. The molecule has 0 bridgehead atoms. The van der Waals surface area contributed by atoms with Crippen LogP contribution < -0.4 is 10.6 Å². The van der Waals surface area contributed by atoms with Crippen molar-refractivity contribution in [1.29, 1.82) is 0 Å². The molecule has 2 aromatic heterocycles. The predicted octanol–water partition coefficient (Wildman–Crippen LogP) is 2.02. The van der Waals surface area contributed by atoms with Crippen molar-refractivity contribution in [2.24, 2.45) is 0 Å². The Bertz CT molecular complexity index is 649. The summed E-state index contributed by atoms with van der Waals surface area (Å²) in [6.07, 6.45) is 5.19. The summed E-state index contributed by atoms with van der Waals surface area (Å²) in [6, 6.07) is 5.92. The van der Waals surface area contributed by atoms with Crippen molar-refractivity contribution in [3.05, 3.63) is 46.5 Å². The molecule has 2 N–H and O–H groups in total. The average molecular weight is 347 g/mol. The van der Waals surface area contributed by atoms with Crippen LogP contribution in [0.25, 0.3) is 0 Å². The molecule has 1 saturated heterocycles. The van der Waals surface area contributed by atoms with Gasteiger partial charge >= 0.3 is 0 Å². The minimum absolute atomic E-state index is 0.0405. The fourth-order valence-electron chi connectivity index (χ4n) is 2.87. The molecule has 0 aliphatic carbocycles. The second kappa shape index (κ2) is 8.12. The van der Waals surface area contributed by atoms with Gasteiger partial charge in [-0.2, -0.15) is 0 Å². The fraction of sp³-hybridized carbons (Fsp3) is 0.412. The summed E-state index contributed by atoms with van der Waals surface area (Å²) in [5.41, 5.74) is 0.413. The molecule has 6 nitrogen and oxygen atoms in total. The van der Waals surface area contributed by atoms with Crippen LogP contribution in [-0.4, -0.2) is 42.9 Å². The van der Waals surface area contributed by atoms with Crippen molar-refractivity contribution in [1.82, 2.24) is 15.5 Å². The normalized spacial score (nSPS) is 16.0. The summed E-state index contributed by atoms with van der Waals surface area (Å²) < 4.78 is 4.85. The molecule has 3 heterocycles. The third-order valence-electron chi connectivity index (χ3n) is 4.14. The van der Waals surface area contributed by atoms with Gasteiger partial charge in [0.1, 0.15) is 6.26 Å². The highest BCUT2D eigenvalue weighted by atomic mass is 32.1. The van der Waals surface area contributed by atoms with Crippen LogP contribution in [0, 0.1) is 0 Å². The van der Waals surface area contributed by atoms with Crippen LogP contribution in [0.15, 0.2) is 40.5 Å². The number of thiophene rings is 1. The summed E-state index contributed by atoms with van der Waals surface area (Å²) in [4.78, 5) is 27.5. The number of nitrogens with one attached hydrogen (secondary N) is 2. The lowest BCUT2D eigenvalue weighted by molar-refractivity contribution is -0.120. The molecule has 7 heteroatoms. The molecule has 0 radical (unpaired) electrons. The van der Waals surface area contributed by atoms with Gasteiger partial charge in [-0.1, -0.05) is 6.07 Å². The monoisotopic (exact) mass is 347 g/mol. The Morgan fingerprint density at radius 2 is 2.08 bits per heavy atom. The van der Waals surface area contributed by atoms with Gasteiger partial charge in [0.2, 0.25) is 5.91 Å². The number of nitrogens with zero attached hydrogens (tertiary/aromatic N) is 1. The van der Waals surface area contributed by atoms with Crippen LogP contribution in [0.5, 0.6) is 0 Å². The van der Waals surface area contributed by atoms with Gasteiger partial charge < -0.3 is 15.1 Å². The maximum Gasteiger partial charge on any atom is 0.254 e. The molecule has 0 aromatic carbocycles. The predicted molar refractivity (Wildman–Crippen MR) is 91.9 cm³/mol. The standard InChI is InChI=1S/C17H21N3O3S/c21-16(11-19-17(22)13-5-8-23-12-13)18-10-14(15-4-3-9-24-15)20-6-1-2-7-20/h3-5,8-9,12,14H,1-2,6-7,10-11H2,(H,18,21)(H,19,22). The first kappa shape index (κ1) is 16.7. The van der Waals surface area contributed by atoms with Gasteiger partial charge in [-0.15, -0.1) is 11.3 Å². The van der Waals surface area contributed by atoms with Gasteiger partial charge in [0.15, 0.2) is 0 Å². The molecule has 1 atom stereocenters. The fourth-order valence-corrected chi connectivity index (χ4v) is 3.73. The quantitative estimate of drug-likeness (QED) is 0.804. The zero-order valence-corrected chi connectivity index (χ0v) is 14.2. The Balaban J connectivity index is 1.49. The minimum atomic E-state index is -0.312. The Morgan fingerprint density at radius 1 is 1.25 bits per heavy atom. The molecule has 0 saturated carbocycles. The van der Waals surface area contributed by atoms with E-state index in [1.807, 2.05) is 6.07 Å². The Hall–Kier alpha value is -2.12. The molecule has 1 aliphatic rings. The zero-order chi connectivity index (χ0) is 16.8. The highest BCUT2D eigenvalue weighted by Crippen LogP contribution is 2.27. The van der Waals surface area contributed by atoms with Crippen molar-refractivity contribution in [3.63, 3.8) is 0 Å². The SMILES string of the molecule is O=C(CNC(=O)c1ccoc1)NCC(c1cccs1)N1CCCC1. The number of hydrogen-bond acceptors (Lipinski definition) is 5. The van der Waals surface area contributed by atoms with Crippen LogP contribution in [0.3, 0.4) is 0 Å². The van der Waals surface area contributed by atoms with E-state index in [-0.39, 0.29) is 24.4 Å². The van der Waals surface area contributed by atoms with Gasteiger partial charge in [-0.05, 0) is 43.4 Å². The first-order chi connectivity index (χ1) is 11.7. The summed E-state index contributed by atoms with van der Waals surface area (Å²) in [6.45, 7) is 2.65.